The molecule has 2 aromatic rings. The van der Waals surface area contributed by atoms with Gasteiger partial charge in [0.05, 0.1) is 18.3 Å². The first-order valence-corrected chi connectivity index (χ1v) is 9.69. The number of rotatable bonds is 5. The average Bonchev–Trinajstić information content (AvgIpc) is 3.43. The summed E-state index contributed by atoms with van der Waals surface area (Å²) in [6, 6.07) is 7.62. The SMILES string of the molecule is CCOC(=O)[C@@]1(CC)C[C@H]2CC[C@@H]1N2C(=O)c1ccc(-n2ccnc2)cc1. The summed E-state index contributed by atoms with van der Waals surface area (Å²) in [6.07, 6.45) is 8.57. The molecule has 3 atom stereocenters. The van der Waals surface area contributed by atoms with E-state index >= 15 is 0 Å². The van der Waals surface area contributed by atoms with Gasteiger partial charge < -0.3 is 14.2 Å². The normalized spacial score (nSPS) is 26.4. The Morgan fingerprint density at radius 2 is 2.00 bits per heavy atom. The molecule has 0 saturated carbocycles. The van der Waals surface area contributed by atoms with Crippen LogP contribution in [0.15, 0.2) is 43.0 Å². The van der Waals surface area contributed by atoms with E-state index in [-0.39, 0.29) is 24.0 Å². The highest BCUT2D eigenvalue weighted by molar-refractivity contribution is 5.96. The van der Waals surface area contributed by atoms with Crippen LogP contribution in [0.5, 0.6) is 0 Å². The third-order valence-corrected chi connectivity index (χ3v) is 6.20. The zero-order valence-corrected chi connectivity index (χ0v) is 15.8. The predicted molar refractivity (Wildman–Crippen MR) is 101 cm³/mol. The lowest BCUT2D eigenvalue weighted by Gasteiger charge is -2.34. The first-order valence-electron chi connectivity index (χ1n) is 9.69. The van der Waals surface area contributed by atoms with Crippen LogP contribution < -0.4 is 0 Å². The highest BCUT2D eigenvalue weighted by Crippen LogP contribution is 2.52. The molecule has 6 nitrogen and oxygen atoms in total. The fraction of sp³-hybridized carbons (Fsp3) is 0.476. The number of esters is 1. The van der Waals surface area contributed by atoms with Gasteiger partial charge in [-0.1, -0.05) is 6.92 Å². The Labute approximate surface area is 159 Å². The Bertz CT molecular complexity index is 831. The number of carbonyl (C=O) groups is 2. The van der Waals surface area contributed by atoms with Gasteiger partial charge in [0, 0.05) is 35.7 Å². The van der Waals surface area contributed by atoms with Gasteiger partial charge in [-0.2, -0.15) is 0 Å². The molecule has 2 aliphatic heterocycles. The third kappa shape index (κ3) is 2.74. The minimum absolute atomic E-state index is 0.0132. The second-order valence-corrected chi connectivity index (χ2v) is 7.41. The number of amides is 1. The first kappa shape index (κ1) is 17.8. The monoisotopic (exact) mass is 367 g/mol. The lowest BCUT2D eigenvalue weighted by Crippen LogP contribution is -2.45. The molecule has 0 unspecified atom stereocenters. The van der Waals surface area contributed by atoms with E-state index < -0.39 is 5.41 Å². The van der Waals surface area contributed by atoms with Crippen molar-refractivity contribution in [2.24, 2.45) is 5.41 Å². The lowest BCUT2D eigenvalue weighted by molar-refractivity contribution is -0.157. The van der Waals surface area contributed by atoms with E-state index in [4.69, 9.17) is 4.74 Å². The molecule has 0 N–H and O–H groups in total. The van der Waals surface area contributed by atoms with E-state index in [0.29, 0.717) is 25.0 Å². The summed E-state index contributed by atoms with van der Waals surface area (Å²) in [6.45, 7) is 4.24. The van der Waals surface area contributed by atoms with E-state index in [9.17, 15) is 9.59 Å². The van der Waals surface area contributed by atoms with Crippen LogP contribution in [0.3, 0.4) is 0 Å². The molecule has 2 saturated heterocycles. The van der Waals surface area contributed by atoms with Crippen LogP contribution in [0.4, 0.5) is 0 Å². The molecule has 4 rings (SSSR count). The lowest BCUT2D eigenvalue weighted by atomic mass is 9.72. The van der Waals surface area contributed by atoms with Crippen LogP contribution in [-0.4, -0.2) is 45.0 Å². The summed E-state index contributed by atoms with van der Waals surface area (Å²) in [5, 5.41) is 0. The summed E-state index contributed by atoms with van der Waals surface area (Å²) >= 11 is 0. The summed E-state index contributed by atoms with van der Waals surface area (Å²) in [5.74, 6) is -0.132. The van der Waals surface area contributed by atoms with Crippen molar-refractivity contribution >= 4 is 11.9 Å². The Morgan fingerprint density at radius 1 is 1.22 bits per heavy atom. The van der Waals surface area contributed by atoms with Crippen molar-refractivity contribution < 1.29 is 14.3 Å². The summed E-state index contributed by atoms with van der Waals surface area (Å²) < 4.78 is 7.28. The van der Waals surface area contributed by atoms with Gasteiger partial charge in [0.15, 0.2) is 0 Å². The smallest absolute Gasteiger partial charge is 0.314 e. The second kappa shape index (κ2) is 6.83. The number of benzene rings is 1. The van der Waals surface area contributed by atoms with E-state index in [0.717, 1.165) is 18.5 Å². The number of aromatic nitrogens is 2. The molecular formula is C21H25N3O3. The molecule has 6 heteroatoms. The maximum absolute atomic E-state index is 13.2. The van der Waals surface area contributed by atoms with E-state index in [2.05, 4.69) is 4.98 Å². The first-order chi connectivity index (χ1) is 13.1. The predicted octanol–water partition coefficient (Wildman–Crippen LogP) is 3.21. The highest BCUT2D eigenvalue weighted by Gasteiger charge is 2.61. The van der Waals surface area contributed by atoms with Gasteiger partial charge >= 0.3 is 5.97 Å². The number of hydrogen-bond acceptors (Lipinski definition) is 4. The molecule has 142 valence electrons. The average molecular weight is 367 g/mol. The molecule has 27 heavy (non-hydrogen) atoms. The van der Waals surface area contributed by atoms with Crippen molar-refractivity contribution in [2.45, 2.75) is 51.6 Å². The molecule has 0 aliphatic carbocycles. The topological polar surface area (TPSA) is 64.4 Å². The quantitative estimate of drug-likeness (QED) is 0.761. The second-order valence-electron chi connectivity index (χ2n) is 7.41. The molecule has 2 fully saturated rings. The van der Waals surface area contributed by atoms with Crippen molar-refractivity contribution in [1.29, 1.82) is 0 Å². The van der Waals surface area contributed by atoms with Crippen LogP contribution in [0.25, 0.3) is 5.69 Å². The van der Waals surface area contributed by atoms with Crippen LogP contribution >= 0.6 is 0 Å². The van der Waals surface area contributed by atoms with Gasteiger partial charge in [-0.25, -0.2) is 4.98 Å². The van der Waals surface area contributed by atoms with Gasteiger partial charge in [-0.05, 0) is 56.9 Å². The van der Waals surface area contributed by atoms with Crippen molar-refractivity contribution in [2.75, 3.05) is 6.61 Å². The zero-order chi connectivity index (χ0) is 19.0. The number of fused-ring (bicyclic) bond motifs is 2. The minimum atomic E-state index is -0.550. The van der Waals surface area contributed by atoms with Crippen LogP contribution in [0.2, 0.25) is 0 Å². The molecule has 1 aromatic carbocycles. The number of hydrogen-bond donors (Lipinski definition) is 0. The Balaban J connectivity index is 1.58. The number of ether oxygens (including phenoxy) is 1. The van der Waals surface area contributed by atoms with Gasteiger partial charge in [0.2, 0.25) is 0 Å². The molecular weight excluding hydrogens is 342 g/mol. The highest BCUT2D eigenvalue weighted by atomic mass is 16.5. The number of carbonyl (C=O) groups excluding carboxylic acids is 2. The van der Waals surface area contributed by atoms with Crippen LogP contribution in [0.1, 0.15) is 49.9 Å². The maximum atomic E-state index is 13.2. The molecule has 0 radical (unpaired) electrons. The third-order valence-electron chi connectivity index (χ3n) is 6.20. The number of imidazole rings is 1. The molecule has 1 aromatic heterocycles. The van der Waals surface area contributed by atoms with Crippen LogP contribution in [-0.2, 0) is 9.53 Å². The van der Waals surface area contributed by atoms with Gasteiger partial charge in [0.25, 0.3) is 5.91 Å². The fourth-order valence-electron chi connectivity index (χ4n) is 4.85. The summed E-state index contributed by atoms with van der Waals surface area (Å²) in [7, 11) is 0. The molecule has 3 heterocycles. The number of nitrogens with zero attached hydrogens (tertiary/aromatic N) is 3. The largest absolute Gasteiger partial charge is 0.466 e. The van der Waals surface area contributed by atoms with Gasteiger partial charge in [-0.3, -0.25) is 9.59 Å². The van der Waals surface area contributed by atoms with E-state index in [1.165, 1.54) is 0 Å². The zero-order valence-electron chi connectivity index (χ0n) is 15.8. The molecule has 0 spiro atoms. The van der Waals surface area contributed by atoms with E-state index in [1.807, 2.05) is 53.8 Å². The Hall–Kier alpha value is -2.63. The van der Waals surface area contributed by atoms with Crippen molar-refractivity contribution in [1.82, 2.24) is 14.5 Å². The van der Waals surface area contributed by atoms with Crippen LogP contribution in [0, 0.1) is 5.41 Å². The fourth-order valence-corrected chi connectivity index (χ4v) is 4.85. The summed E-state index contributed by atoms with van der Waals surface area (Å²) in [5.41, 5.74) is 1.07. The molecule has 1 amide bonds. The minimum Gasteiger partial charge on any atom is -0.466 e. The van der Waals surface area contributed by atoms with Gasteiger partial charge in [-0.15, -0.1) is 0 Å². The summed E-state index contributed by atoms with van der Waals surface area (Å²) in [4.78, 5) is 31.9. The van der Waals surface area contributed by atoms with E-state index in [1.54, 1.807) is 12.5 Å². The standard InChI is InChI=1S/C21H25N3O3/c1-3-21(20(26)27-4-2)13-17-9-10-18(21)24(17)19(25)15-5-7-16(8-6-15)23-12-11-22-14-23/h5-8,11-12,14,17-18H,3-4,9-10,13H2,1-2H3/t17-,18+,21+/m1/s1. The molecule has 2 bridgehead atoms. The van der Waals surface area contributed by atoms with Crippen molar-refractivity contribution in [3.05, 3.63) is 48.5 Å². The van der Waals surface area contributed by atoms with Crippen molar-refractivity contribution in [3.8, 4) is 5.69 Å². The maximum Gasteiger partial charge on any atom is 0.314 e. The Morgan fingerprint density at radius 3 is 2.63 bits per heavy atom. The molecule has 2 aliphatic rings. The Kier molecular flexibility index (Phi) is 4.50. The van der Waals surface area contributed by atoms with Crippen molar-refractivity contribution in [3.63, 3.8) is 0 Å². The van der Waals surface area contributed by atoms with Gasteiger partial charge in [0.1, 0.15) is 0 Å².